The molecule has 0 aliphatic rings. The third-order valence-electron chi connectivity index (χ3n) is 2.67. The van der Waals surface area contributed by atoms with Gasteiger partial charge in [-0.3, -0.25) is 9.59 Å². The van der Waals surface area contributed by atoms with E-state index in [9.17, 15) is 18.0 Å². The van der Waals surface area contributed by atoms with Crippen molar-refractivity contribution in [3.05, 3.63) is 29.8 Å². The second-order valence-electron chi connectivity index (χ2n) is 4.51. The third-order valence-corrected chi connectivity index (χ3v) is 3.80. The zero-order valence-electron chi connectivity index (χ0n) is 11.3. The highest BCUT2D eigenvalue weighted by Crippen LogP contribution is 2.10. The lowest BCUT2D eigenvalue weighted by Gasteiger charge is -2.06. The molecule has 7 heteroatoms. The summed E-state index contributed by atoms with van der Waals surface area (Å²) in [5.74, 6) is -0.590. The maximum atomic E-state index is 11.5. The quantitative estimate of drug-likeness (QED) is 0.758. The molecule has 0 aliphatic heterocycles. The molecule has 1 aromatic rings. The molecule has 0 aliphatic carbocycles. The Morgan fingerprint density at radius 3 is 2.25 bits per heavy atom. The molecule has 0 bridgehead atoms. The van der Waals surface area contributed by atoms with Gasteiger partial charge in [-0.2, -0.15) is 0 Å². The first-order valence-electron chi connectivity index (χ1n) is 6.13. The van der Waals surface area contributed by atoms with Gasteiger partial charge in [0.05, 0.1) is 4.90 Å². The number of primary amides is 1. The Hall–Kier alpha value is -1.89. The number of carbonyl (C=O) groups excluding carboxylic acids is 2. The van der Waals surface area contributed by atoms with E-state index in [4.69, 9.17) is 5.73 Å². The molecular formula is C13H18N2O4S. The van der Waals surface area contributed by atoms with Crippen molar-refractivity contribution >= 4 is 21.7 Å². The molecule has 6 nitrogen and oxygen atoms in total. The van der Waals surface area contributed by atoms with E-state index in [-0.39, 0.29) is 23.6 Å². The van der Waals surface area contributed by atoms with Gasteiger partial charge in [0.1, 0.15) is 0 Å². The van der Waals surface area contributed by atoms with Crippen molar-refractivity contribution in [3.63, 3.8) is 0 Å². The van der Waals surface area contributed by atoms with Crippen molar-refractivity contribution in [1.82, 2.24) is 5.32 Å². The fourth-order valence-electron chi connectivity index (χ4n) is 1.57. The van der Waals surface area contributed by atoms with Crippen LogP contribution in [0.4, 0.5) is 0 Å². The van der Waals surface area contributed by atoms with Crippen LogP contribution in [0.2, 0.25) is 0 Å². The first-order valence-corrected chi connectivity index (χ1v) is 8.02. The minimum absolute atomic E-state index is 0.168. The average molecular weight is 298 g/mol. The Bertz CT molecular complexity index is 579. The molecule has 20 heavy (non-hydrogen) atoms. The van der Waals surface area contributed by atoms with E-state index in [0.29, 0.717) is 13.0 Å². The molecular weight excluding hydrogens is 280 g/mol. The molecule has 0 aromatic heterocycles. The lowest BCUT2D eigenvalue weighted by molar-refractivity contribution is -0.121. The molecule has 3 N–H and O–H groups in total. The second kappa shape index (κ2) is 7.04. The zero-order chi connectivity index (χ0) is 15.2. The van der Waals surface area contributed by atoms with Crippen LogP contribution in [0, 0.1) is 0 Å². The summed E-state index contributed by atoms with van der Waals surface area (Å²) in [5.41, 5.74) is 5.78. The smallest absolute Gasteiger partial charge is 0.220 e. The molecule has 0 radical (unpaired) electrons. The van der Waals surface area contributed by atoms with Crippen LogP contribution in [0.1, 0.15) is 24.8 Å². The Balaban J connectivity index is 2.42. The number of sulfone groups is 1. The molecule has 0 saturated heterocycles. The van der Waals surface area contributed by atoms with Gasteiger partial charge in [0, 0.05) is 25.6 Å². The number of nitrogens with one attached hydrogen (secondary N) is 1. The summed E-state index contributed by atoms with van der Waals surface area (Å²) < 4.78 is 22.6. The number of nitrogens with two attached hydrogens (primary N) is 1. The van der Waals surface area contributed by atoms with Gasteiger partial charge in [0.15, 0.2) is 9.84 Å². The van der Waals surface area contributed by atoms with Crippen molar-refractivity contribution < 1.29 is 18.0 Å². The van der Waals surface area contributed by atoms with Crippen LogP contribution in [0.3, 0.4) is 0 Å². The van der Waals surface area contributed by atoms with Crippen LogP contribution in [0.25, 0.3) is 0 Å². The lowest BCUT2D eigenvalue weighted by Crippen LogP contribution is -2.23. The maximum Gasteiger partial charge on any atom is 0.220 e. The van der Waals surface area contributed by atoms with E-state index >= 15 is 0 Å². The van der Waals surface area contributed by atoms with Gasteiger partial charge in [0.2, 0.25) is 11.8 Å². The predicted molar refractivity (Wildman–Crippen MR) is 74.4 cm³/mol. The van der Waals surface area contributed by atoms with Crippen molar-refractivity contribution in [2.24, 2.45) is 5.73 Å². The molecule has 0 fully saturated rings. The van der Waals surface area contributed by atoms with E-state index in [1.54, 1.807) is 12.1 Å². The molecule has 0 unspecified atom stereocenters. The molecule has 0 heterocycles. The van der Waals surface area contributed by atoms with E-state index in [2.05, 4.69) is 5.32 Å². The molecule has 1 aromatic carbocycles. The summed E-state index contributed by atoms with van der Waals surface area (Å²) in [6.07, 6.45) is 2.00. The summed E-state index contributed by atoms with van der Waals surface area (Å²) in [6.45, 7) is 0.319. The Labute approximate surface area is 118 Å². The van der Waals surface area contributed by atoms with Gasteiger partial charge < -0.3 is 11.1 Å². The number of amides is 2. The highest BCUT2D eigenvalue weighted by molar-refractivity contribution is 7.90. The van der Waals surface area contributed by atoms with Gasteiger partial charge in [-0.25, -0.2) is 8.42 Å². The largest absolute Gasteiger partial charge is 0.370 e. The van der Waals surface area contributed by atoms with Crippen molar-refractivity contribution in [1.29, 1.82) is 0 Å². The Kier molecular flexibility index (Phi) is 5.69. The first-order chi connectivity index (χ1) is 9.29. The highest BCUT2D eigenvalue weighted by Gasteiger charge is 2.07. The highest BCUT2D eigenvalue weighted by atomic mass is 32.2. The number of hydrogen-bond donors (Lipinski definition) is 2. The van der Waals surface area contributed by atoms with Crippen LogP contribution in [0.15, 0.2) is 29.2 Å². The normalized spacial score (nSPS) is 11.1. The first kappa shape index (κ1) is 16.2. The van der Waals surface area contributed by atoms with E-state index < -0.39 is 15.7 Å². The lowest BCUT2D eigenvalue weighted by atomic mass is 10.2. The monoisotopic (exact) mass is 298 g/mol. The molecule has 1 rings (SSSR count). The van der Waals surface area contributed by atoms with Gasteiger partial charge >= 0.3 is 0 Å². The van der Waals surface area contributed by atoms with Crippen molar-refractivity contribution in [2.45, 2.75) is 30.7 Å². The number of rotatable bonds is 7. The number of carbonyl (C=O) groups is 2. The van der Waals surface area contributed by atoms with Crippen LogP contribution in [-0.4, -0.2) is 26.5 Å². The molecule has 2 amide bonds. The van der Waals surface area contributed by atoms with E-state index in [1.165, 1.54) is 12.1 Å². The van der Waals surface area contributed by atoms with Crippen LogP contribution < -0.4 is 11.1 Å². The fraction of sp³-hybridized carbons (Fsp3) is 0.385. The van der Waals surface area contributed by atoms with Crippen molar-refractivity contribution in [3.8, 4) is 0 Å². The standard InChI is InChI=1S/C13H18N2O4S/c1-20(18,19)11-7-5-10(6-8-11)9-15-13(17)4-2-3-12(14)16/h5-8H,2-4,9H2,1H3,(H2,14,16)(H,15,17). The molecule has 110 valence electrons. The Morgan fingerprint density at radius 1 is 1.15 bits per heavy atom. The van der Waals surface area contributed by atoms with Gasteiger partial charge in [-0.15, -0.1) is 0 Å². The Morgan fingerprint density at radius 2 is 1.75 bits per heavy atom. The van der Waals surface area contributed by atoms with Crippen LogP contribution >= 0.6 is 0 Å². The minimum Gasteiger partial charge on any atom is -0.370 e. The molecule has 0 saturated carbocycles. The molecule has 0 spiro atoms. The van der Waals surface area contributed by atoms with E-state index in [0.717, 1.165) is 11.8 Å². The van der Waals surface area contributed by atoms with Crippen LogP contribution in [0.5, 0.6) is 0 Å². The number of hydrogen-bond acceptors (Lipinski definition) is 4. The summed E-state index contributed by atoms with van der Waals surface area (Å²) in [6, 6.07) is 6.31. The van der Waals surface area contributed by atoms with Crippen LogP contribution in [-0.2, 0) is 26.0 Å². The third kappa shape index (κ3) is 5.83. The maximum absolute atomic E-state index is 11.5. The van der Waals surface area contributed by atoms with Gasteiger partial charge in [-0.1, -0.05) is 12.1 Å². The average Bonchev–Trinajstić information content (AvgIpc) is 2.35. The van der Waals surface area contributed by atoms with Crippen molar-refractivity contribution in [2.75, 3.05) is 6.26 Å². The zero-order valence-corrected chi connectivity index (χ0v) is 12.1. The molecule has 0 atom stereocenters. The predicted octanol–water partition coefficient (Wildman–Crippen LogP) is 0.362. The number of benzene rings is 1. The minimum atomic E-state index is -3.20. The van der Waals surface area contributed by atoms with Gasteiger partial charge in [-0.05, 0) is 24.1 Å². The summed E-state index contributed by atoms with van der Waals surface area (Å²) >= 11 is 0. The SMILES string of the molecule is CS(=O)(=O)c1ccc(CNC(=O)CCCC(N)=O)cc1. The van der Waals surface area contributed by atoms with Gasteiger partial charge in [0.25, 0.3) is 0 Å². The fourth-order valence-corrected chi connectivity index (χ4v) is 2.20. The topological polar surface area (TPSA) is 106 Å². The summed E-state index contributed by atoms with van der Waals surface area (Å²) in [7, 11) is -3.20. The second-order valence-corrected chi connectivity index (χ2v) is 6.53. The summed E-state index contributed by atoms with van der Waals surface area (Å²) in [5, 5.41) is 2.69. The van der Waals surface area contributed by atoms with E-state index in [1.807, 2.05) is 0 Å². The summed E-state index contributed by atoms with van der Waals surface area (Å²) in [4.78, 5) is 22.2.